The molecule has 2 aromatic rings. The summed E-state index contributed by atoms with van der Waals surface area (Å²) in [4.78, 5) is 14.1. The van der Waals surface area contributed by atoms with E-state index in [0.29, 0.717) is 41.6 Å². The quantitative estimate of drug-likeness (QED) is 0.772. The smallest absolute Gasteiger partial charge is 0.228 e. The number of rotatable bonds is 7. The van der Waals surface area contributed by atoms with Gasteiger partial charge in [0, 0.05) is 26.2 Å². The monoisotopic (exact) mass is 390 g/mol. The Bertz CT molecular complexity index is 818. The van der Waals surface area contributed by atoms with E-state index in [4.69, 9.17) is 24.2 Å². The zero-order valence-corrected chi connectivity index (χ0v) is 17.4. The van der Waals surface area contributed by atoms with Crippen LogP contribution in [-0.4, -0.2) is 68.7 Å². The number of benzene rings is 1. The highest BCUT2D eigenvalue weighted by Gasteiger charge is 2.25. The first-order chi connectivity index (χ1) is 13.6. The number of aliphatic hydroxyl groups is 1. The third kappa shape index (κ3) is 3.61. The van der Waals surface area contributed by atoms with Crippen LogP contribution < -0.4 is 24.0 Å². The molecule has 0 amide bonds. The van der Waals surface area contributed by atoms with Gasteiger partial charge in [-0.05, 0) is 32.8 Å². The summed E-state index contributed by atoms with van der Waals surface area (Å²) in [5.41, 5.74) is 0.693. The van der Waals surface area contributed by atoms with E-state index in [-0.39, 0.29) is 6.10 Å². The molecule has 0 bridgehead atoms. The third-order valence-corrected chi connectivity index (χ3v) is 5.27. The summed E-state index contributed by atoms with van der Waals surface area (Å²) < 4.78 is 16.8. The summed E-state index contributed by atoms with van der Waals surface area (Å²) in [5.74, 6) is 3.12. The van der Waals surface area contributed by atoms with Crippen LogP contribution in [0.3, 0.4) is 0 Å². The maximum atomic E-state index is 9.85. The lowest BCUT2D eigenvalue weighted by Gasteiger charge is -2.31. The van der Waals surface area contributed by atoms with Crippen LogP contribution in [0.2, 0.25) is 0 Å². The summed E-state index contributed by atoms with van der Waals surface area (Å²) in [6.45, 7) is 7.29. The molecule has 1 saturated heterocycles. The number of piperidine rings is 1. The van der Waals surface area contributed by atoms with Crippen LogP contribution in [0.4, 0.5) is 11.8 Å². The van der Waals surface area contributed by atoms with Crippen molar-refractivity contribution in [3.63, 3.8) is 0 Å². The minimum atomic E-state index is -0.252. The fraction of sp³-hybridized carbons (Fsp3) is 0.600. The van der Waals surface area contributed by atoms with E-state index in [2.05, 4.69) is 23.6 Å². The van der Waals surface area contributed by atoms with Gasteiger partial charge in [0.05, 0.1) is 32.8 Å². The van der Waals surface area contributed by atoms with Crippen molar-refractivity contribution in [2.75, 3.05) is 57.3 Å². The molecule has 0 radical (unpaired) electrons. The SMILES string of the molecule is CCN(CC)c1nc(N2CCC(O)CC2)nc2c(OC)c(OC)c(OC)cc12. The summed E-state index contributed by atoms with van der Waals surface area (Å²) in [5, 5.41) is 10.7. The molecule has 154 valence electrons. The van der Waals surface area contributed by atoms with Crippen molar-refractivity contribution in [2.45, 2.75) is 32.8 Å². The number of ether oxygens (including phenoxy) is 3. The number of anilines is 2. The molecule has 1 aromatic heterocycles. The Balaban J connectivity index is 2.26. The number of hydrogen-bond acceptors (Lipinski definition) is 8. The second-order valence-corrected chi connectivity index (χ2v) is 6.78. The van der Waals surface area contributed by atoms with Crippen molar-refractivity contribution in [1.82, 2.24) is 9.97 Å². The van der Waals surface area contributed by atoms with Gasteiger partial charge in [-0.2, -0.15) is 4.98 Å². The largest absolute Gasteiger partial charge is 0.493 e. The summed E-state index contributed by atoms with van der Waals surface area (Å²) >= 11 is 0. The molecule has 1 fully saturated rings. The predicted octanol–water partition coefficient (Wildman–Crippen LogP) is 2.46. The van der Waals surface area contributed by atoms with Gasteiger partial charge in [0.1, 0.15) is 11.3 Å². The molecule has 0 aliphatic carbocycles. The van der Waals surface area contributed by atoms with E-state index in [1.54, 1.807) is 21.3 Å². The van der Waals surface area contributed by atoms with Gasteiger partial charge in [0.15, 0.2) is 11.5 Å². The molecule has 2 heterocycles. The highest BCUT2D eigenvalue weighted by atomic mass is 16.5. The highest BCUT2D eigenvalue weighted by molar-refractivity contribution is 5.98. The average molecular weight is 390 g/mol. The van der Waals surface area contributed by atoms with Crippen molar-refractivity contribution in [3.8, 4) is 17.2 Å². The van der Waals surface area contributed by atoms with E-state index in [1.165, 1.54) is 0 Å². The average Bonchev–Trinajstić information content (AvgIpc) is 2.73. The number of nitrogens with zero attached hydrogens (tertiary/aromatic N) is 4. The molecule has 1 aromatic carbocycles. The topological polar surface area (TPSA) is 80.2 Å². The van der Waals surface area contributed by atoms with Crippen molar-refractivity contribution in [2.24, 2.45) is 0 Å². The molecule has 8 heteroatoms. The van der Waals surface area contributed by atoms with E-state index >= 15 is 0 Å². The van der Waals surface area contributed by atoms with Gasteiger partial charge >= 0.3 is 0 Å². The van der Waals surface area contributed by atoms with Gasteiger partial charge < -0.3 is 29.1 Å². The molecule has 1 N–H and O–H groups in total. The van der Waals surface area contributed by atoms with Crippen LogP contribution in [0.1, 0.15) is 26.7 Å². The Morgan fingerprint density at radius 1 is 1.04 bits per heavy atom. The standard InChI is InChI=1S/C20H30N4O4/c1-6-23(7-2)19-14-12-15(26-3)17(27-4)18(28-5)16(14)21-20(22-19)24-10-8-13(25)9-11-24/h12-13,25H,6-11H2,1-5H3. The predicted molar refractivity (Wildman–Crippen MR) is 110 cm³/mol. The molecule has 0 spiro atoms. The molecule has 0 saturated carbocycles. The lowest BCUT2D eigenvalue weighted by atomic mass is 10.1. The number of hydrogen-bond donors (Lipinski definition) is 1. The molecule has 1 aliphatic rings. The van der Waals surface area contributed by atoms with Gasteiger partial charge in [-0.1, -0.05) is 0 Å². The molecule has 0 atom stereocenters. The van der Waals surface area contributed by atoms with Crippen LogP contribution in [-0.2, 0) is 0 Å². The zero-order valence-electron chi connectivity index (χ0n) is 17.4. The fourth-order valence-corrected chi connectivity index (χ4v) is 3.67. The van der Waals surface area contributed by atoms with Gasteiger partial charge in [0.2, 0.25) is 11.7 Å². The molecular weight excluding hydrogens is 360 g/mol. The molecule has 28 heavy (non-hydrogen) atoms. The van der Waals surface area contributed by atoms with Crippen LogP contribution in [0.15, 0.2) is 6.07 Å². The number of methoxy groups -OCH3 is 3. The summed E-state index contributed by atoms with van der Waals surface area (Å²) in [7, 11) is 4.80. The second-order valence-electron chi connectivity index (χ2n) is 6.78. The van der Waals surface area contributed by atoms with Gasteiger partial charge in [0.25, 0.3) is 0 Å². The minimum Gasteiger partial charge on any atom is -0.493 e. The minimum absolute atomic E-state index is 0.252. The lowest BCUT2D eigenvalue weighted by molar-refractivity contribution is 0.145. The second kappa shape index (κ2) is 8.68. The Kier molecular flexibility index (Phi) is 6.28. The van der Waals surface area contributed by atoms with Crippen molar-refractivity contribution >= 4 is 22.7 Å². The number of fused-ring (bicyclic) bond motifs is 1. The van der Waals surface area contributed by atoms with Crippen LogP contribution in [0.5, 0.6) is 17.2 Å². The molecule has 1 aliphatic heterocycles. The molecule has 0 unspecified atom stereocenters. The van der Waals surface area contributed by atoms with E-state index < -0.39 is 0 Å². The number of aliphatic hydroxyl groups excluding tert-OH is 1. The fourth-order valence-electron chi connectivity index (χ4n) is 3.67. The molecular formula is C20H30N4O4. The number of aromatic nitrogens is 2. The Hall–Kier alpha value is -2.48. The zero-order chi connectivity index (χ0) is 20.3. The maximum Gasteiger partial charge on any atom is 0.228 e. The lowest BCUT2D eigenvalue weighted by Crippen LogP contribution is -2.37. The van der Waals surface area contributed by atoms with Gasteiger partial charge in [-0.3, -0.25) is 0 Å². The van der Waals surface area contributed by atoms with Crippen molar-refractivity contribution in [3.05, 3.63) is 6.07 Å². The van der Waals surface area contributed by atoms with Gasteiger partial charge in [-0.25, -0.2) is 4.98 Å². The Morgan fingerprint density at radius 3 is 2.21 bits per heavy atom. The molecule has 8 nitrogen and oxygen atoms in total. The first-order valence-electron chi connectivity index (χ1n) is 9.76. The summed E-state index contributed by atoms with van der Waals surface area (Å²) in [6, 6.07) is 1.91. The highest BCUT2D eigenvalue weighted by Crippen LogP contribution is 2.45. The third-order valence-electron chi connectivity index (χ3n) is 5.27. The van der Waals surface area contributed by atoms with Crippen LogP contribution in [0.25, 0.3) is 10.9 Å². The maximum absolute atomic E-state index is 9.85. The van der Waals surface area contributed by atoms with E-state index in [0.717, 1.165) is 37.4 Å². The Morgan fingerprint density at radius 2 is 1.68 bits per heavy atom. The first kappa shape index (κ1) is 20.3. The Labute approximate surface area is 166 Å². The van der Waals surface area contributed by atoms with Crippen molar-refractivity contribution in [1.29, 1.82) is 0 Å². The van der Waals surface area contributed by atoms with Gasteiger partial charge in [-0.15, -0.1) is 0 Å². The normalized spacial score (nSPS) is 15.0. The van der Waals surface area contributed by atoms with Crippen molar-refractivity contribution < 1.29 is 19.3 Å². The summed E-state index contributed by atoms with van der Waals surface area (Å²) in [6.07, 6.45) is 1.17. The van der Waals surface area contributed by atoms with Crippen LogP contribution >= 0.6 is 0 Å². The van der Waals surface area contributed by atoms with E-state index in [9.17, 15) is 5.11 Å². The first-order valence-corrected chi connectivity index (χ1v) is 9.76. The van der Waals surface area contributed by atoms with E-state index in [1.807, 2.05) is 6.07 Å². The van der Waals surface area contributed by atoms with Crippen LogP contribution in [0, 0.1) is 0 Å². The molecule has 3 rings (SSSR count).